The molecule has 0 radical (unpaired) electrons. The Morgan fingerprint density at radius 1 is 1.10 bits per heavy atom. The zero-order chi connectivity index (χ0) is 22.0. The highest BCUT2D eigenvalue weighted by atomic mass is 35.5. The minimum Gasteiger partial charge on any atom is -0.495 e. The van der Waals surface area contributed by atoms with Gasteiger partial charge in [-0.05, 0) is 53.8 Å². The van der Waals surface area contributed by atoms with E-state index in [9.17, 15) is 14.0 Å². The van der Waals surface area contributed by atoms with E-state index >= 15 is 0 Å². The molecule has 2 amide bonds. The summed E-state index contributed by atoms with van der Waals surface area (Å²) in [6.45, 7) is 0.187. The molecule has 3 aromatic rings. The molecule has 5 nitrogen and oxygen atoms in total. The van der Waals surface area contributed by atoms with Gasteiger partial charge in [0.15, 0.2) is 0 Å². The summed E-state index contributed by atoms with van der Waals surface area (Å²) < 4.78 is 18.3. The number of nitrogens with one attached hydrogen (secondary N) is 1. The van der Waals surface area contributed by atoms with Crippen LogP contribution in [-0.4, -0.2) is 30.4 Å². The lowest BCUT2D eigenvalue weighted by molar-refractivity contribution is -0.136. The van der Waals surface area contributed by atoms with Crippen molar-refractivity contribution >= 4 is 46.0 Å². The molecule has 0 atom stereocenters. The Bertz CT molecular complexity index is 1160. The summed E-state index contributed by atoms with van der Waals surface area (Å²) in [5.74, 6) is -0.600. The fourth-order valence-electron chi connectivity index (χ4n) is 3.32. The van der Waals surface area contributed by atoms with E-state index in [2.05, 4.69) is 5.32 Å². The smallest absolute Gasteiger partial charge is 0.278 e. The molecule has 8 heteroatoms. The fourth-order valence-corrected chi connectivity index (χ4v) is 4.35. The van der Waals surface area contributed by atoms with E-state index in [0.29, 0.717) is 33.3 Å². The van der Waals surface area contributed by atoms with Crippen LogP contribution < -0.4 is 10.1 Å². The number of imide groups is 1. The highest BCUT2D eigenvalue weighted by Crippen LogP contribution is 2.34. The predicted molar refractivity (Wildman–Crippen MR) is 120 cm³/mol. The number of carbonyl (C=O) groups excluding carboxylic acids is 2. The van der Waals surface area contributed by atoms with Crippen molar-refractivity contribution in [1.29, 1.82) is 0 Å². The van der Waals surface area contributed by atoms with Gasteiger partial charge in [0.1, 0.15) is 17.3 Å². The predicted octanol–water partition coefficient (Wildman–Crippen LogP) is 4.98. The van der Waals surface area contributed by atoms with Crippen LogP contribution in [0.15, 0.2) is 65.7 Å². The van der Waals surface area contributed by atoms with Gasteiger partial charge in [-0.1, -0.05) is 29.8 Å². The zero-order valence-electron chi connectivity index (χ0n) is 16.5. The first-order valence-electron chi connectivity index (χ1n) is 9.47. The largest absolute Gasteiger partial charge is 0.495 e. The van der Waals surface area contributed by atoms with E-state index in [0.717, 1.165) is 5.56 Å². The number of thiophene rings is 1. The number of benzene rings is 2. The first-order valence-corrected chi connectivity index (χ1v) is 10.7. The number of halogens is 2. The maximum atomic E-state index is 13.2. The van der Waals surface area contributed by atoms with Crippen LogP contribution in [0, 0.1) is 5.82 Å². The van der Waals surface area contributed by atoms with E-state index in [-0.39, 0.29) is 24.0 Å². The Morgan fingerprint density at radius 3 is 2.52 bits per heavy atom. The molecule has 0 saturated carbocycles. The average Bonchev–Trinajstić information content (AvgIpc) is 3.36. The number of anilines is 1. The summed E-state index contributed by atoms with van der Waals surface area (Å²) in [6.07, 6.45) is 0.428. The SMILES string of the molecule is COc1ccc(NC2=C(c3cccs3)C(=O)N(CCc3ccc(F)cc3)C2=O)cc1Cl. The Balaban J connectivity index is 1.62. The second kappa shape index (κ2) is 8.91. The quantitative estimate of drug-likeness (QED) is 0.509. The summed E-state index contributed by atoms with van der Waals surface area (Å²) in [6, 6.07) is 14.7. The van der Waals surface area contributed by atoms with Crippen molar-refractivity contribution in [2.45, 2.75) is 6.42 Å². The Kier molecular flexibility index (Phi) is 6.06. The number of amides is 2. The average molecular weight is 457 g/mol. The molecule has 1 aliphatic heterocycles. The molecule has 2 heterocycles. The number of carbonyl (C=O) groups is 2. The van der Waals surface area contributed by atoms with Gasteiger partial charge in [-0.25, -0.2) is 4.39 Å². The lowest BCUT2D eigenvalue weighted by Crippen LogP contribution is -2.34. The van der Waals surface area contributed by atoms with Crippen molar-refractivity contribution in [2.24, 2.45) is 0 Å². The molecule has 0 saturated heterocycles. The number of methoxy groups -OCH3 is 1. The van der Waals surface area contributed by atoms with Crippen LogP contribution in [0.5, 0.6) is 5.75 Å². The van der Waals surface area contributed by atoms with E-state index < -0.39 is 5.91 Å². The van der Waals surface area contributed by atoms with Crippen molar-refractivity contribution in [3.8, 4) is 5.75 Å². The number of hydrogen-bond donors (Lipinski definition) is 1. The molecule has 31 heavy (non-hydrogen) atoms. The van der Waals surface area contributed by atoms with Gasteiger partial charge >= 0.3 is 0 Å². The van der Waals surface area contributed by atoms with Crippen molar-refractivity contribution in [1.82, 2.24) is 4.90 Å². The molecule has 0 aliphatic carbocycles. The molecular weight excluding hydrogens is 439 g/mol. The monoisotopic (exact) mass is 456 g/mol. The van der Waals surface area contributed by atoms with E-state index in [1.807, 2.05) is 11.4 Å². The summed E-state index contributed by atoms with van der Waals surface area (Å²) in [5, 5.41) is 5.31. The van der Waals surface area contributed by atoms with Gasteiger partial charge in [-0.2, -0.15) is 0 Å². The number of nitrogens with zero attached hydrogens (tertiary/aromatic N) is 1. The third-order valence-electron chi connectivity index (χ3n) is 4.89. The molecule has 1 aromatic heterocycles. The number of ether oxygens (including phenoxy) is 1. The Labute approximate surface area is 187 Å². The molecule has 158 valence electrons. The molecule has 1 N–H and O–H groups in total. The Morgan fingerprint density at radius 2 is 1.87 bits per heavy atom. The molecule has 2 aromatic carbocycles. The molecule has 0 bridgehead atoms. The zero-order valence-corrected chi connectivity index (χ0v) is 18.1. The molecule has 1 aliphatic rings. The van der Waals surface area contributed by atoms with E-state index in [4.69, 9.17) is 16.3 Å². The lowest BCUT2D eigenvalue weighted by atomic mass is 10.1. The summed E-state index contributed by atoms with van der Waals surface area (Å²) in [5.41, 5.74) is 1.93. The van der Waals surface area contributed by atoms with Crippen LogP contribution in [0.3, 0.4) is 0 Å². The van der Waals surface area contributed by atoms with Crippen LogP contribution in [0.1, 0.15) is 10.4 Å². The normalized spacial score (nSPS) is 13.8. The van der Waals surface area contributed by atoms with Crippen molar-refractivity contribution < 1.29 is 18.7 Å². The third-order valence-corrected chi connectivity index (χ3v) is 6.08. The van der Waals surface area contributed by atoms with Crippen molar-refractivity contribution in [3.05, 3.63) is 87.0 Å². The van der Waals surface area contributed by atoms with Crippen LogP contribution >= 0.6 is 22.9 Å². The number of rotatable bonds is 7. The van der Waals surface area contributed by atoms with Gasteiger partial charge in [0.2, 0.25) is 0 Å². The van der Waals surface area contributed by atoms with E-state index in [1.165, 1.54) is 35.5 Å². The first kappa shape index (κ1) is 21.1. The summed E-state index contributed by atoms with van der Waals surface area (Å²) >= 11 is 7.59. The molecule has 0 fully saturated rings. The van der Waals surface area contributed by atoms with Crippen molar-refractivity contribution in [2.75, 3.05) is 19.0 Å². The van der Waals surface area contributed by atoms with Crippen LogP contribution in [-0.2, 0) is 16.0 Å². The lowest BCUT2D eigenvalue weighted by Gasteiger charge is -2.15. The minimum absolute atomic E-state index is 0.187. The standard InChI is InChI=1S/C23H18ClFN2O3S/c1-30-18-9-8-16(13-17(18)24)26-21-20(19-3-2-12-31-19)22(28)27(23(21)29)11-10-14-4-6-15(25)7-5-14/h2-9,12-13,26H,10-11H2,1H3. The van der Waals surface area contributed by atoms with Gasteiger partial charge in [0.25, 0.3) is 11.8 Å². The summed E-state index contributed by atoms with van der Waals surface area (Å²) in [4.78, 5) is 28.3. The molecule has 0 unspecified atom stereocenters. The Hall–Kier alpha value is -3.16. The van der Waals surface area contributed by atoms with Gasteiger partial charge in [-0.15, -0.1) is 11.3 Å². The molecular formula is C23H18ClFN2O3S. The highest BCUT2D eigenvalue weighted by Gasteiger charge is 2.39. The fraction of sp³-hybridized carbons (Fsp3) is 0.130. The van der Waals surface area contributed by atoms with Crippen molar-refractivity contribution in [3.63, 3.8) is 0 Å². The van der Waals surface area contributed by atoms with Gasteiger partial charge in [0.05, 0.1) is 17.7 Å². The molecule has 0 spiro atoms. The second-order valence-electron chi connectivity index (χ2n) is 6.84. The van der Waals surface area contributed by atoms with Crippen LogP contribution in [0.25, 0.3) is 5.57 Å². The highest BCUT2D eigenvalue weighted by molar-refractivity contribution is 7.11. The first-order chi connectivity index (χ1) is 15.0. The van der Waals surface area contributed by atoms with Gasteiger partial charge < -0.3 is 10.1 Å². The van der Waals surface area contributed by atoms with Gasteiger partial charge in [0, 0.05) is 17.1 Å². The topological polar surface area (TPSA) is 58.6 Å². The maximum Gasteiger partial charge on any atom is 0.278 e. The van der Waals surface area contributed by atoms with E-state index in [1.54, 1.807) is 36.4 Å². The van der Waals surface area contributed by atoms with Gasteiger partial charge in [-0.3, -0.25) is 14.5 Å². The number of hydrogen-bond acceptors (Lipinski definition) is 5. The summed E-state index contributed by atoms with van der Waals surface area (Å²) in [7, 11) is 1.52. The van der Waals surface area contributed by atoms with Crippen LogP contribution in [0.2, 0.25) is 5.02 Å². The maximum absolute atomic E-state index is 13.2. The molecule has 4 rings (SSSR count). The third kappa shape index (κ3) is 4.33. The van der Waals surface area contributed by atoms with Crippen LogP contribution in [0.4, 0.5) is 10.1 Å². The minimum atomic E-state index is -0.414. The second-order valence-corrected chi connectivity index (χ2v) is 8.19.